The van der Waals surface area contributed by atoms with Gasteiger partial charge in [-0.25, -0.2) is 0 Å². The van der Waals surface area contributed by atoms with Gasteiger partial charge < -0.3 is 20.0 Å². The maximum Gasteiger partial charge on any atom is 0.255 e. The van der Waals surface area contributed by atoms with E-state index in [1.807, 2.05) is 6.92 Å². The van der Waals surface area contributed by atoms with E-state index in [2.05, 4.69) is 10.6 Å². The summed E-state index contributed by atoms with van der Waals surface area (Å²) in [5, 5.41) is 5.18. The van der Waals surface area contributed by atoms with Crippen molar-refractivity contribution in [2.75, 3.05) is 20.1 Å². The molecule has 0 aromatic carbocycles. The molecule has 3 amide bonds. The van der Waals surface area contributed by atoms with E-state index < -0.39 is 6.04 Å². The largest absolute Gasteiger partial charge is 0.469 e. The van der Waals surface area contributed by atoms with Gasteiger partial charge >= 0.3 is 0 Å². The van der Waals surface area contributed by atoms with Crippen LogP contribution in [0.4, 0.5) is 0 Å². The highest BCUT2D eigenvalue weighted by molar-refractivity contribution is 5.97. The number of likely N-dealkylation sites (tertiary alicyclic amines) is 1. The van der Waals surface area contributed by atoms with Gasteiger partial charge in [0.15, 0.2) is 0 Å². The molecule has 1 atom stereocenters. The molecule has 0 spiro atoms. The second-order valence-electron chi connectivity index (χ2n) is 5.55. The molecular weight excluding hydrogens is 298 g/mol. The standard InChI is InChI=1S/C16H23N3O4/c1-3-5-13-11(7-9-23-13)15(21)18-10-14(20)19-8-4-6-12(19)16(22)17-2/h7,9,12H,3-6,8,10H2,1-2H3,(H,17,22)(H,18,21)/t12-/m0/s1. The van der Waals surface area contributed by atoms with Crippen molar-refractivity contribution in [2.45, 2.75) is 38.6 Å². The first-order chi connectivity index (χ1) is 11.1. The zero-order chi connectivity index (χ0) is 16.8. The summed E-state index contributed by atoms with van der Waals surface area (Å²) in [5.74, 6) is -0.111. The van der Waals surface area contributed by atoms with Gasteiger partial charge in [0.05, 0.1) is 18.4 Å². The molecular formula is C16H23N3O4. The fourth-order valence-electron chi connectivity index (χ4n) is 2.82. The lowest BCUT2D eigenvalue weighted by molar-refractivity contribution is -0.137. The fourth-order valence-corrected chi connectivity index (χ4v) is 2.82. The van der Waals surface area contributed by atoms with Crippen LogP contribution in [0.3, 0.4) is 0 Å². The average Bonchev–Trinajstić information content (AvgIpc) is 3.21. The molecule has 2 rings (SSSR count). The molecule has 2 heterocycles. The number of aryl methyl sites for hydroxylation is 1. The molecule has 1 aromatic heterocycles. The molecule has 1 fully saturated rings. The van der Waals surface area contributed by atoms with Crippen molar-refractivity contribution in [1.82, 2.24) is 15.5 Å². The Labute approximate surface area is 135 Å². The van der Waals surface area contributed by atoms with Crippen molar-refractivity contribution < 1.29 is 18.8 Å². The Morgan fingerprint density at radius 3 is 2.87 bits per heavy atom. The molecule has 7 heteroatoms. The lowest BCUT2D eigenvalue weighted by Gasteiger charge is -2.23. The van der Waals surface area contributed by atoms with E-state index in [0.29, 0.717) is 30.7 Å². The summed E-state index contributed by atoms with van der Waals surface area (Å²) >= 11 is 0. The molecule has 0 radical (unpaired) electrons. The van der Waals surface area contributed by atoms with E-state index in [4.69, 9.17) is 4.42 Å². The van der Waals surface area contributed by atoms with E-state index in [-0.39, 0.29) is 24.3 Å². The number of hydrogen-bond donors (Lipinski definition) is 2. The van der Waals surface area contributed by atoms with E-state index in [1.54, 1.807) is 13.1 Å². The smallest absolute Gasteiger partial charge is 0.255 e. The first-order valence-electron chi connectivity index (χ1n) is 7.94. The summed E-state index contributed by atoms with van der Waals surface area (Å²) in [5.41, 5.74) is 0.462. The number of likely N-dealkylation sites (N-methyl/N-ethyl adjacent to an activating group) is 1. The van der Waals surface area contributed by atoms with Crippen LogP contribution >= 0.6 is 0 Å². The normalized spacial score (nSPS) is 17.1. The van der Waals surface area contributed by atoms with Crippen LogP contribution in [0.15, 0.2) is 16.7 Å². The van der Waals surface area contributed by atoms with Crippen LogP contribution in [0.25, 0.3) is 0 Å². The highest BCUT2D eigenvalue weighted by Crippen LogP contribution is 2.17. The van der Waals surface area contributed by atoms with Crippen LogP contribution in [0, 0.1) is 0 Å². The number of carbonyl (C=O) groups excluding carboxylic acids is 3. The van der Waals surface area contributed by atoms with Crippen molar-refractivity contribution in [3.05, 3.63) is 23.7 Å². The number of nitrogens with zero attached hydrogens (tertiary/aromatic N) is 1. The summed E-state index contributed by atoms with van der Waals surface area (Å²) in [4.78, 5) is 37.7. The van der Waals surface area contributed by atoms with Gasteiger partial charge in [0.25, 0.3) is 5.91 Å². The highest BCUT2D eigenvalue weighted by atomic mass is 16.3. The van der Waals surface area contributed by atoms with Crippen molar-refractivity contribution in [3.63, 3.8) is 0 Å². The zero-order valence-corrected chi connectivity index (χ0v) is 13.6. The Kier molecular flexibility index (Phi) is 5.78. The van der Waals surface area contributed by atoms with Gasteiger partial charge in [-0.15, -0.1) is 0 Å². The molecule has 2 N–H and O–H groups in total. The van der Waals surface area contributed by atoms with Gasteiger partial charge in [-0.05, 0) is 25.3 Å². The lowest BCUT2D eigenvalue weighted by atomic mass is 10.1. The number of nitrogens with one attached hydrogen (secondary N) is 2. The SMILES string of the molecule is CCCc1occc1C(=O)NCC(=O)N1CCC[C@H]1C(=O)NC. The Bertz CT molecular complexity index is 582. The van der Waals surface area contributed by atoms with Crippen LogP contribution in [0.1, 0.15) is 42.3 Å². The topological polar surface area (TPSA) is 91.7 Å². The molecule has 7 nitrogen and oxygen atoms in total. The Morgan fingerprint density at radius 2 is 2.17 bits per heavy atom. The lowest BCUT2D eigenvalue weighted by Crippen LogP contribution is -2.48. The van der Waals surface area contributed by atoms with Crippen LogP contribution in [-0.4, -0.2) is 48.8 Å². The second-order valence-corrected chi connectivity index (χ2v) is 5.55. The second kappa shape index (κ2) is 7.80. The highest BCUT2D eigenvalue weighted by Gasteiger charge is 2.33. The first-order valence-corrected chi connectivity index (χ1v) is 7.94. The number of carbonyl (C=O) groups is 3. The minimum absolute atomic E-state index is 0.122. The van der Waals surface area contributed by atoms with Gasteiger partial charge in [0.2, 0.25) is 11.8 Å². The van der Waals surface area contributed by atoms with Crippen LogP contribution in [0.2, 0.25) is 0 Å². The van der Waals surface area contributed by atoms with Gasteiger partial charge in [-0.2, -0.15) is 0 Å². The Hall–Kier alpha value is -2.31. The third kappa shape index (κ3) is 3.91. The van der Waals surface area contributed by atoms with E-state index >= 15 is 0 Å². The first kappa shape index (κ1) is 17.1. The van der Waals surface area contributed by atoms with Crippen LogP contribution in [0.5, 0.6) is 0 Å². The van der Waals surface area contributed by atoms with E-state index in [1.165, 1.54) is 11.2 Å². The summed E-state index contributed by atoms with van der Waals surface area (Å²) in [6.45, 7) is 2.42. The number of hydrogen-bond acceptors (Lipinski definition) is 4. The van der Waals surface area contributed by atoms with Gasteiger partial charge in [0.1, 0.15) is 11.8 Å². The third-order valence-electron chi connectivity index (χ3n) is 3.99. The van der Waals surface area contributed by atoms with Crippen molar-refractivity contribution in [3.8, 4) is 0 Å². The molecule has 0 bridgehead atoms. The zero-order valence-electron chi connectivity index (χ0n) is 13.6. The number of rotatable bonds is 6. The van der Waals surface area contributed by atoms with Gasteiger partial charge in [0, 0.05) is 20.0 Å². The molecule has 1 aromatic rings. The molecule has 1 aliphatic heterocycles. The molecule has 1 aliphatic rings. The summed E-state index contributed by atoms with van der Waals surface area (Å²) in [7, 11) is 1.55. The van der Waals surface area contributed by atoms with Crippen LogP contribution < -0.4 is 10.6 Å². The minimum atomic E-state index is -0.436. The molecule has 126 valence electrons. The predicted octanol–water partition coefficient (Wildman–Crippen LogP) is 0.699. The number of furan rings is 1. The molecule has 0 aliphatic carbocycles. The van der Waals surface area contributed by atoms with Gasteiger partial charge in [-0.1, -0.05) is 6.92 Å². The average molecular weight is 321 g/mol. The summed E-state index contributed by atoms with van der Waals surface area (Å²) in [6.07, 6.45) is 4.47. The number of amides is 3. The van der Waals surface area contributed by atoms with Crippen LogP contribution in [-0.2, 0) is 16.0 Å². The van der Waals surface area contributed by atoms with Crippen molar-refractivity contribution >= 4 is 17.7 Å². The van der Waals surface area contributed by atoms with E-state index in [0.717, 1.165) is 12.8 Å². The van der Waals surface area contributed by atoms with Crippen molar-refractivity contribution in [1.29, 1.82) is 0 Å². The van der Waals surface area contributed by atoms with Gasteiger partial charge in [-0.3, -0.25) is 14.4 Å². The molecule has 1 saturated heterocycles. The van der Waals surface area contributed by atoms with E-state index in [9.17, 15) is 14.4 Å². The summed E-state index contributed by atoms with van der Waals surface area (Å²) < 4.78 is 5.29. The molecule has 23 heavy (non-hydrogen) atoms. The maximum atomic E-state index is 12.3. The molecule has 0 saturated carbocycles. The fraction of sp³-hybridized carbons (Fsp3) is 0.562. The summed E-state index contributed by atoms with van der Waals surface area (Å²) in [6, 6.07) is 1.17. The Balaban J connectivity index is 1.92. The quantitative estimate of drug-likeness (QED) is 0.807. The maximum absolute atomic E-state index is 12.3. The monoisotopic (exact) mass is 321 g/mol. The third-order valence-corrected chi connectivity index (χ3v) is 3.99. The Morgan fingerprint density at radius 1 is 1.39 bits per heavy atom. The van der Waals surface area contributed by atoms with Crippen molar-refractivity contribution in [2.24, 2.45) is 0 Å². The molecule has 0 unspecified atom stereocenters. The minimum Gasteiger partial charge on any atom is -0.469 e. The predicted molar refractivity (Wildman–Crippen MR) is 83.8 cm³/mol.